The molecule has 19 heavy (non-hydrogen) atoms. The third-order valence-electron chi connectivity index (χ3n) is 2.91. The summed E-state index contributed by atoms with van der Waals surface area (Å²) >= 11 is 5.87. The van der Waals surface area contributed by atoms with Crippen LogP contribution in [0.15, 0.2) is 42.5 Å². The van der Waals surface area contributed by atoms with Gasteiger partial charge in [0.15, 0.2) is 0 Å². The highest BCUT2D eigenvalue weighted by Gasteiger charge is 2.08. The van der Waals surface area contributed by atoms with E-state index in [4.69, 9.17) is 22.6 Å². The van der Waals surface area contributed by atoms with Gasteiger partial charge in [-0.2, -0.15) is 5.26 Å². The molecule has 4 heteroatoms. The minimum absolute atomic E-state index is 0.0777. The first kappa shape index (κ1) is 13.3. The summed E-state index contributed by atoms with van der Waals surface area (Å²) in [6.07, 6.45) is 0. The lowest BCUT2D eigenvalue weighted by Gasteiger charge is -2.17. The van der Waals surface area contributed by atoms with E-state index in [9.17, 15) is 0 Å². The predicted octanol–water partition coefficient (Wildman–Crippen LogP) is 3.97. The van der Waals surface area contributed by atoms with Crippen molar-refractivity contribution < 1.29 is 0 Å². The van der Waals surface area contributed by atoms with Crippen LogP contribution in [0.4, 0.5) is 11.4 Å². The van der Waals surface area contributed by atoms with Crippen molar-refractivity contribution in [2.45, 2.75) is 13.0 Å². The zero-order valence-corrected chi connectivity index (χ0v) is 11.3. The minimum Gasteiger partial charge on any atom is -0.399 e. The number of rotatable bonds is 3. The second-order valence-corrected chi connectivity index (χ2v) is 4.77. The Kier molecular flexibility index (Phi) is 3.94. The van der Waals surface area contributed by atoms with Gasteiger partial charge in [-0.3, -0.25) is 0 Å². The van der Waals surface area contributed by atoms with Gasteiger partial charge in [0.25, 0.3) is 0 Å². The van der Waals surface area contributed by atoms with Gasteiger partial charge in [0, 0.05) is 16.8 Å². The number of anilines is 2. The minimum atomic E-state index is 0.0777. The lowest BCUT2D eigenvalue weighted by Crippen LogP contribution is -2.07. The molecule has 0 radical (unpaired) electrons. The topological polar surface area (TPSA) is 61.8 Å². The standard InChI is InChI=1S/C15H14ClN3/c1-10(11-2-5-14(18)6-3-11)19-15-7-4-13(16)8-12(15)9-17/h2-8,10,19H,18H2,1H3. The van der Waals surface area contributed by atoms with Crippen LogP contribution >= 0.6 is 11.6 Å². The molecule has 1 atom stereocenters. The zero-order chi connectivity index (χ0) is 13.8. The molecule has 0 aliphatic rings. The monoisotopic (exact) mass is 271 g/mol. The summed E-state index contributed by atoms with van der Waals surface area (Å²) in [5.74, 6) is 0. The lowest BCUT2D eigenvalue weighted by atomic mass is 10.1. The Hall–Kier alpha value is -2.18. The Bertz CT molecular complexity index is 614. The molecule has 0 heterocycles. The molecule has 2 rings (SSSR count). The highest BCUT2D eigenvalue weighted by molar-refractivity contribution is 6.30. The number of hydrogen-bond acceptors (Lipinski definition) is 3. The summed E-state index contributed by atoms with van der Waals surface area (Å²) < 4.78 is 0. The van der Waals surface area contributed by atoms with Crippen molar-refractivity contribution in [1.29, 1.82) is 5.26 Å². The summed E-state index contributed by atoms with van der Waals surface area (Å²) in [6, 6.07) is 15.1. The van der Waals surface area contributed by atoms with Gasteiger partial charge in [0.05, 0.1) is 11.3 Å². The van der Waals surface area contributed by atoms with E-state index in [0.717, 1.165) is 16.9 Å². The second kappa shape index (κ2) is 5.64. The average Bonchev–Trinajstić information content (AvgIpc) is 2.41. The predicted molar refractivity (Wildman–Crippen MR) is 79.1 cm³/mol. The molecule has 3 N–H and O–H groups in total. The highest BCUT2D eigenvalue weighted by atomic mass is 35.5. The zero-order valence-electron chi connectivity index (χ0n) is 10.5. The first-order valence-corrected chi connectivity index (χ1v) is 6.29. The quantitative estimate of drug-likeness (QED) is 0.831. The summed E-state index contributed by atoms with van der Waals surface area (Å²) in [6.45, 7) is 2.03. The van der Waals surface area contributed by atoms with E-state index < -0.39 is 0 Å². The Morgan fingerprint density at radius 2 is 1.89 bits per heavy atom. The molecule has 96 valence electrons. The van der Waals surface area contributed by atoms with E-state index in [1.165, 1.54) is 0 Å². The SMILES string of the molecule is CC(Nc1ccc(Cl)cc1C#N)c1ccc(N)cc1. The molecule has 0 bridgehead atoms. The third-order valence-corrected chi connectivity index (χ3v) is 3.15. The van der Waals surface area contributed by atoms with Crippen molar-refractivity contribution in [3.05, 3.63) is 58.6 Å². The number of nitrogens with two attached hydrogens (primary N) is 1. The molecular weight excluding hydrogens is 258 g/mol. The van der Waals surface area contributed by atoms with Gasteiger partial charge < -0.3 is 11.1 Å². The Balaban J connectivity index is 2.21. The van der Waals surface area contributed by atoms with Gasteiger partial charge in [-0.25, -0.2) is 0 Å². The lowest BCUT2D eigenvalue weighted by molar-refractivity contribution is 0.884. The first-order chi connectivity index (χ1) is 9.10. The van der Waals surface area contributed by atoms with E-state index in [2.05, 4.69) is 11.4 Å². The van der Waals surface area contributed by atoms with Crippen molar-refractivity contribution in [3.8, 4) is 6.07 Å². The van der Waals surface area contributed by atoms with Crippen molar-refractivity contribution in [2.24, 2.45) is 0 Å². The molecule has 3 nitrogen and oxygen atoms in total. The Morgan fingerprint density at radius 3 is 2.53 bits per heavy atom. The molecule has 1 unspecified atom stereocenters. The van der Waals surface area contributed by atoms with Crippen LogP contribution < -0.4 is 11.1 Å². The van der Waals surface area contributed by atoms with Crippen LogP contribution in [0, 0.1) is 11.3 Å². The van der Waals surface area contributed by atoms with Crippen molar-refractivity contribution in [1.82, 2.24) is 0 Å². The molecule has 0 amide bonds. The van der Waals surface area contributed by atoms with Crippen LogP contribution in [-0.2, 0) is 0 Å². The third kappa shape index (κ3) is 3.18. The Morgan fingerprint density at radius 1 is 1.21 bits per heavy atom. The summed E-state index contributed by atoms with van der Waals surface area (Å²) in [5.41, 5.74) is 8.82. The van der Waals surface area contributed by atoms with Crippen LogP contribution in [0.3, 0.4) is 0 Å². The number of nitriles is 1. The molecule has 0 saturated heterocycles. The fraction of sp³-hybridized carbons (Fsp3) is 0.133. The van der Waals surface area contributed by atoms with Crippen LogP contribution in [0.5, 0.6) is 0 Å². The summed E-state index contributed by atoms with van der Waals surface area (Å²) in [4.78, 5) is 0. The molecule has 0 aliphatic carbocycles. The van der Waals surface area contributed by atoms with Gasteiger partial charge in [-0.05, 0) is 42.8 Å². The molecule has 0 saturated carbocycles. The number of benzene rings is 2. The Labute approximate surface area is 117 Å². The number of halogens is 1. The average molecular weight is 272 g/mol. The smallest absolute Gasteiger partial charge is 0.101 e. The van der Waals surface area contributed by atoms with Crippen LogP contribution in [0.1, 0.15) is 24.1 Å². The van der Waals surface area contributed by atoms with Gasteiger partial charge >= 0.3 is 0 Å². The number of nitrogens with zero attached hydrogens (tertiary/aromatic N) is 1. The molecule has 0 aliphatic heterocycles. The van der Waals surface area contributed by atoms with E-state index in [1.807, 2.05) is 37.3 Å². The maximum Gasteiger partial charge on any atom is 0.101 e. The number of hydrogen-bond donors (Lipinski definition) is 2. The molecule has 2 aromatic carbocycles. The second-order valence-electron chi connectivity index (χ2n) is 4.33. The number of nitrogens with one attached hydrogen (secondary N) is 1. The highest BCUT2D eigenvalue weighted by Crippen LogP contribution is 2.25. The van der Waals surface area contributed by atoms with Crippen LogP contribution in [0.25, 0.3) is 0 Å². The largest absolute Gasteiger partial charge is 0.399 e. The summed E-state index contributed by atoms with van der Waals surface area (Å²) in [5, 5.41) is 13.0. The van der Waals surface area contributed by atoms with Crippen molar-refractivity contribution >= 4 is 23.0 Å². The van der Waals surface area contributed by atoms with Gasteiger partial charge in [-0.15, -0.1) is 0 Å². The van der Waals surface area contributed by atoms with Crippen LogP contribution in [-0.4, -0.2) is 0 Å². The van der Waals surface area contributed by atoms with Crippen molar-refractivity contribution in [2.75, 3.05) is 11.1 Å². The van der Waals surface area contributed by atoms with Gasteiger partial charge in [0.2, 0.25) is 0 Å². The van der Waals surface area contributed by atoms with Crippen LogP contribution in [0.2, 0.25) is 5.02 Å². The van der Waals surface area contributed by atoms with E-state index >= 15 is 0 Å². The summed E-state index contributed by atoms with van der Waals surface area (Å²) in [7, 11) is 0. The normalized spacial score (nSPS) is 11.6. The molecule has 0 aromatic heterocycles. The molecule has 0 fully saturated rings. The molecular formula is C15H14ClN3. The van der Waals surface area contributed by atoms with E-state index in [0.29, 0.717) is 10.6 Å². The molecule has 0 spiro atoms. The first-order valence-electron chi connectivity index (χ1n) is 5.92. The maximum absolute atomic E-state index is 9.10. The number of nitrogen functional groups attached to an aromatic ring is 1. The maximum atomic E-state index is 9.10. The molecule has 2 aromatic rings. The van der Waals surface area contributed by atoms with Crippen molar-refractivity contribution in [3.63, 3.8) is 0 Å². The fourth-order valence-corrected chi connectivity index (χ4v) is 2.01. The van der Waals surface area contributed by atoms with Gasteiger partial charge in [-0.1, -0.05) is 23.7 Å². The van der Waals surface area contributed by atoms with Gasteiger partial charge in [0.1, 0.15) is 6.07 Å². The van der Waals surface area contributed by atoms with E-state index in [1.54, 1.807) is 12.1 Å². The fourth-order valence-electron chi connectivity index (χ4n) is 1.84. The van der Waals surface area contributed by atoms with E-state index in [-0.39, 0.29) is 6.04 Å².